The molecule has 0 amide bonds. The number of hydrogen-bond donors (Lipinski definition) is 0. The average Bonchev–Trinajstić information content (AvgIpc) is 3.19. The van der Waals surface area contributed by atoms with Crippen molar-refractivity contribution >= 4 is 10.8 Å². The zero-order valence-corrected chi connectivity index (χ0v) is 14.0. The quantitative estimate of drug-likeness (QED) is 0.498. The molecule has 124 valence electrons. The maximum atomic E-state index is 6.29. The molecule has 0 aliphatic rings. The molecule has 0 aliphatic heterocycles. The van der Waals surface area contributed by atoms with Gasteiger partial charge < -0.3 is 9.30 Å². The highest BCUT2D eigenvalue weighted by Crippen LogP contribution is 2.25. The molecule has 4 rings (SSSR count). The van der Waals surface area contributed by atoms with Crippen molar-refractivity contribution in [2.75, 3.05) is 0 Å². The molecule has 0 saturated carbocycles. The Morgan fingerprint density at radius 2 is 1.68 bits per heavy atom. The second-order valence-corrected chi connectivity index (χ2v) is 6.15. The molecular weight excluding hydrogens is 308 g/mol. The molecule has 0 radical (unpaired) electrons. The first kappa shape index (κ1) is 15.6. The topological polar surface area (TPSA) is 27.1 Å². The number of benzene rings is 3. The molecular formula is C22H20N2O. The van der Waals surface area contributed by atoms with Crippen molar-refractivity contribution in [1.29, 1.82) is 0 Å². The lowest BCUT2D eigenvalue weighted by molar-refractivity contribution is 0.0280. The SMILES string of the molecule is c1ccc(COC(Cn2ccnc2)c2ccc3ccccc3c2)cc1. The van der Waals surface area contributed by atoms with Gasteiger partial charge in [0.2, 0.25) is 0 Å². The van der Waals surface area contributed by atoms with E-state index in [4.69, 9.17) is 4.74 Å². The van der Waals surface area contributed by atoms with Crippen LogP contribution in [0.15, 0.2) is 91.5 Å². The summed E-state index contributed by atoms with van der Waals surface area (Å²) in [6.45, 7) is 1.33. The molecule has 0 spiro atoms. The lowest BCUT2D eigenvalue weighted by atomic mass is 10.0. The van der Waals surface area contributed by atoms with Gasteiger partial charge >= 0.3 is 0 Å². The predicted octanol–water partition coefficient (Wildman–Crippen LogP) is 4.99. The molecule has 0 N–H and O–H groups in total. The first-order chi connectivity index (χ1) is 12.4. The highest BCUT2D eigenvalue weighted by molar-refractivity contribution is 5.83. The van der Waals surface area contributed by atoms with Gasteiger partial charge in [0, 0.05) is 12.4 Å². The van der Waals surface area contributed by atoms with Crippen molar-refractivity contribution < 1.29 is 4.74 Å². The van der Waals surface area contributed by atoms with Crippen molar-refractivity contribution in [1.82, 2.24) is 9.55 Å². The molecule has 0 saturated heterocycles. The first-order valence-electron chi connectivity index (χ1n) is 8.48. The molecule has 0 fully saturated rings. The third kappa shape index (κ3) is 3.78. The largest absolute Gasteiger partial charge is 0.367 e. The number of imidazole rings is 1. The summed E-state index contributed by atoms with van der Waals surface area (Å²) in [5.41, 5.74) is 2.36. The summed E-state index contributed by atoms with van der Waals surface area (Å²) < 4.78 is 8.35. The van der Waals surface area contributed by atoms with Gasteiger partial charge in [-0.25, -0.2) is 4.98 Å². The summed E-state index contributed by atoms with van der Waals surface area (Å²) in [6.07, 6.45) is 5.58. The molecule has 0 aliphatic carbocycles. The molecule has 1 unspecified atom stereocenters. The van der Waals surface area contributed by atoms with Gasteiger partial charge in [-0.1, -0.05) is 66.7 Å². The molecule has 3 heteroatoms. The molecule has 25 heavy (non-hydrogen) atoms. The van der Waals surface area contributed by atoms with Crippen molar-refractivity contribution in [2.45, 2.75) is 19.3 Å². The Bertz CT molecular complexity index is 933. The molecule has 1 heterocycles. The Hall–Kier alpha value is -2.91. The van der Waals surface area contributed by atoms with Crippen LogP contribution >= 0.6 is 0 Å². The van der Waals surface area contributed by atoms with E-state index in [0.717, 1.165) is 6.54 Å². The van der Waals surface area contributed by atoms with E-state index in [-0.39, 0.29) is 6.10 Å². The summed E-state index contributed by atoms with van der Waals surface area (Å²) in [7, 11) is 0. The number of hydrogen-bond acceptors (Lipinski definition) is 2. The van der Waals surface area contributed by atoms with Gasteiger partial charge in [0.1, 0.15) is 6.10 Å². The summed E-state index contributed by atoms with van der Waals surface area (Å²) in [5.74, 6) is 0. The van der Waals surface area contributed by atoms with Crippen LogP contribution in [-0.4, -0.2) is 9.55 Å². The van der Waals surface area contributed by atoms with Crippen LogP contribution in [0.1, 0.15) is 17.2 Å². The van der Waals surface area contributed by atoms with Crippen molar-refractivity contribution in [3.63, 3.8) is 0 Å². The van der Waals surface area contributed by atoms with Gasteiger partial charge in [-0.05, 0) is 28.0 Å². The van der Waals surface area contributed by atoms with Crippen molar-refractivity contribution in [2.24, 2.45) is 0 Å². The van der Waals surface area contributed by atoms with E-state index in [1.54, 1.807) is 6.20 Å². The van der Waals surface area contributed by atoms with Crippen LogP contribution in [-0.2, 0) is 17.9 Å². The fourth-order valence-electron chi connectivity index (χ4n) is 3.02. The Morgan fingerprint density at radius 3 is 2.48 bits per heavy atom. The maximum Gasteiger partial charge on any atom is 0.101 e. The predicted molar refractivity (Wildman–Crippen MR) is 100 cm³/mol. The first-order valence-corrected chi connectivity index (χ1v) is 8.48. The van der Waals surface area contributed by atoms with E-state index >= 15 is 0 Å². The lowest BCUT2D eigenvalue weighted by Gasteiger charge is -2.20. The van der Waals surface area contributed by atoms with E-state index in [9.17, 15) is 0 Å². The number of rotatable bonds is 6. The van der Waals surface area contributed by atoms with Crippen molar-refractivity contribution in [3.05, 3.63) is 103 Å². The number of ether oxygens (including phenoxy) is 1. The second-order valence-electron chi connectivity index (χ2n) is 6.15. The van der Waals surface area contributed by atoms with Crippen LogP contribution in [0.2, 0.25) is 0 Å². The third-order valence-corrected chi connectivity index (χ3v) is 4.38. The third-order valence-electron chi connectivity index (χ3n) is 4.38. The number of nitrogens with zero attached hydrogens (tertiary/aromatic N) is 2. The van der Waals surface area contributed by atoms with Crippen LogP contribution in [0.4, 0.5) is 0 Å². The monoisotopic (exact) mass is 328 g/mol. The van der Waals surface area contributed by atoms with Crippen molar-refractivity contribution in [3.8, 4) is 0 Å². The van der Waals surface area contributed by atoms with Crippen LogP contribution in [0.25, 0.3) is 10.8 Å². The Morgan fingerprint density at radius 1 is 0.880 bits per heavy atom. The summed E-state index contributed by atoms with van der Waals surface area (Å²) >= 11 is 0. The van der Waals surface area contributed by atoms with E-state index < -0.39 is 0 Å². The van der Waals surface area contributed by atoms with Gasteiger partial charge in [-0.2, -0.15) is 0 Å². The minimum Gasteiger partial charge on any atom is -0.367 e. The van der Waals surface area contributed by atoms with E-state index in [1.807, 2.05) is 30.7 Å². The maximum absolute atomic E-state index is 6.29. The standard InChI is InChI=1S/C22H20N2O/c1-2-6-18(7-3-1)16-25-22(15-24-13-12-23-17-24)21-11-10-19-8-4-5-9-20(19)14-21/h1-14,17,22H,15-16H2. The molecule has 3 aromatic carbocycles. The highest BCUT2D eigenvalue weighted by Gasteiger charge is 2.14. The van der Waals surface area contributed by atoms with E-state index in [1.165, 1.54) is 21.9 Å². The fraction of sp³-hybridized carbons (Fsp3) is 0.136. The van der Waals surface area contributed by atoms with Crippen LogP contribution < -0.4 is 0 Å². The molecule has 1 aromatic heterocycles. The van der Waals surface area contributed by atoms with Gasteiger partial charge in [0.15, 0.2) is 0 Å². The number of fused-ring (bicyclic) bond motifs is 1. The molecule has 1 atom stereocenters. The summed E-state index contributed by atoms with van der Waals surface area (Å²) in [4.78, 5) is 4.14. The average molecular weight is 328 g/mol. The highest BCUT2D eigenvalue weighted by atomic mass is 16.5. The fourth-order valence-corrected chi connectivity index (χ4v) is 3.02. The zero-order valence-electron chi connectivity index (χ0n) is 14.0. The van der Waals surface area contributed by atoms with Crippen LogP contribution in [0.3, 0.4) is 0 Å². The Balaban J connectivity index is 1.60. The molecule has 3 nitrogen and oxygen atoms in total. The Kier molecular flexibility index (Phi) is 4.57. The summed E-state index contributed by atoms with van der Waals surface area (Å²) in [5, 5.41) is 2.48. The molecule has 4 aromatic rings. The minimum atomic E-state index is -0.0287. The van der Waals surface area contributed by atoms with E-state index in [0.29, 0.717) is 6.61 Å². The smallest absolute Gasteiger partial charge is 0.101 e. The van der Waals surface area contributed by atoms with Gasteiger partial charge in [-0.3, -0.25) is 0 Å². The normalized spacial score (nSPS) is 12.3. The van der Waals surface area contributed by atoms with Gasteiger partial charge in [-0.15, -0.1) is 0 Å². The van der Waals surface area contributed by atoms with Gasteiger partial charge in [0.25, 0.3) is 0 Å². The van der Waals surface area contributed by atoms with Crippen LogP contribution in [0.5, 0.6) is 0 Å². The number of aromatic nitrogens is 2. The van der Waals surface area contributed by atoms with Gasteiger partial charge in [0.05, 0.1) is 19.5 Å². The summed E-state index contributed by atoms with van der Waals surface area (Å²) in [6, 6.07) is 25.3. The van der Waals surface area contributed by atoms with E-state index in [2.05, 4.69) is 64.1 Å². The Labute approximate surface area is 147 Å². The lowest BCUT2D eigenvalue weighted by Crippen LogP contribution is -2.12. The minimum absolute atomic E-state index is 0.0287. The van der Waals surface area contributed by atoms with Crippen LogP contribution in [0, 0.1) is 0 Å². The second kappa shape index (κ2) is 7.32. The molecule has 0 bridgehead atoms. The zero-order chi connectivity index (χ0) is 16.9.